The molecule has 0 spiro atoms. The van der Waals surface area contributed by atoms with Crippen LogP contribution in [-0.2, 0) is 14.3 Å². The number of hydrogen-bond acceptors (Lipinski definition) is 9. The highest BCUT2D eigenvalue weighted by molar-refractivity contribution is 8.31. The number of phenols is 1. The van der Waals surface area contributed by atoms with Gasteiger partial charge in [0.25, 0.3) is 5.91 Å². The Bertz CT molecular complexity index is 1480. The van der Waals surface area contributed by atoms with E-state index >= 15 is 0 Å². The molecule has 1 heterocycles. The minimum atomic E-state index is -0.879. The molecule has 3 N–H and O–H groups in total. The molecule has 0 bridgehead atoms. The molecular formula is C31H38FN2O7PS2. The Hall–Kier alpha value is -3.02. The van der Waals surface area contributed by atoms with Crippen LogP contribution in [0.25, 0.3) is 22.3 Å². The highest BCUT2D eigenvalue weighted by Gasteiger charge is 2.24. The smallest absolute Gasteiger partial charge is 0.335 e. The van der Waals surface area contributed by atoms with Crippen molar-refractivity contribution in [2.45, 2.75) is 25.7 Å². The number of nitrogens with zero attached hydrogens (tertiary/aromatic N) is 1. The average molecular weight is 665 g/mol. The number of ether oxygens (including phenoxy) is 2. The van der Waals surface area contributed by atoms with E-state index in [4.69, 9.17) is 13.9 Å². The number of aliphatic carboxylic acids is 1. The topological polar surface area (TPSA) is 121 Å². The number of amides is 1. The number of thiol groups is 1. The van der Waals surface area contributed by atoms with Crippen LogP contribution in [0.2, 0.25) is 0 Å². The molecule has 0 saturated carbocycles. The van der Waals surface area contributed by atoms with Gasteiger partial charge in [-0.05, 0) is 61.6 Å². The fourth-order valence-corrected chi connectivity index (χ4v) is 5.41. The maximum Gasteiger partial charge on any atom is 0.335 e. The van der Waals surface area contributed by atoms with Gasteiger partial charge in [-0.15, -0.1) is 0 Å². The van der Waals surface area contributed by atoms with Gasteiger partial charge in [0.1, 0.15) is 22.9 Å². The summed E-state index contributed by atoms with van der Waals surface area (Å²) in [5.74, 6) is -1.40. The largest absolute Gasteiger partial charge is 0.506 e. The van der Waals surface area contributed by atoms with Gasteiger partial charge in [0, 0.05) is 36.9 Å². The molecule has 1 aliphatic carbocycles. The van der Waals surface area contributed by atoms with Crippen LogP contribution in [0.15, 0.2) is 64.1 Å². The van der Waals surface area contributed by atoms with E-state index in [0.29, 0.717) is 67.2 Å². The Labute approximate surface area is 268 Å². The minimum absolute atomic E-state index is 0.0224. The number of carbonyl (C=O) groups excluding carboxylic acids is 1. The summed E-state index contributed by atoms with van der Waals surface area (Å²) in [6.07, 6.45) is 8.69. The van der Waals surface area contributed by atoms with Crippen LogP contribution >= 0.6 is 32.6 Å². The SMILES string of the molecule is CNC(=O)c1c(-c2ccc(F)cc2)oc2cc(N(CCOCCOCCCC3=CCCC=C3C(=O)O)SC)c(O)cc12.PS. The fourth-order valence-electron chi connectivity index (χ4n) is 4.81. The average Bonchev–Trinajstić information content (AvgIpc) is 3.41. The number of fused-ring (bicyclic) bond motifs is 1. The summed E-state index contributed by atoms with van der Waals surface area (Å²) in [4.78, 5) is 24.1. The molecule has 3 aromatic rings. The first-order valence-electron chi connectivity index (χ1n) is 14.0. The predicted molar refractivity (Wildman–Crippen MR) is 180 cm³/mol. The summed E-state index contributed by atoms with van der Waals surface area (Å²) < 4.78 is 32.8. The number of nitrogens with one attached hydrogen (secondary N) is 1. The molecule has 0 fully saturated rings. The Kier molecular flexibility index (Phi) is 14.6. The molecule has 0 radical (unpaired) electrons. The molecule has 44 heavy (non-hydrogen) atoms. The van der Waals surface area contributed by atoms with Crippen LogP contribution in [0.5, 0.6) is 5.75 Å². The molecule has 1 atom stereocenters. The van der Waals surface area contributed by atoms with Crippen molar-refractivity contribution in [2.24, 2.45) is 0 Å². The molecule has 0 aliphatic heterocycles. The van der Waals surface area contributed by atoms with Gasteiger partial charge in [-0.25, -0.2) is 9.18 Å². The second-order valence-electron chi connectivity index (χ2n) is 9.57. The Morgan fingerprint density at radius 3 is 2.43 bits per heavy atom. The van der Waals surface area contributed by atoms with E-state index < -0.39 is 11.8 Å². The van der Waals surface area contributed by atoms with Gasteiger partial charge < -0.3 is 33.7 Å². The second kappa shape index (κ2) is 18.1. The summed E-state index contributed by atoms with van der Waals surface area (Å²) in [5, 5.41) is 23.2. The van der Waals surface area contributed by atoms with Crippen molar-refractivity contribution >= 4 is 61.2 Å². The number of anilines is 1. The van der Waals surface area contributed by atoms with Gasteiger partial charge in [0.05, 0.1) is 43.2 Å². The van der Waals surface area contributed by atoms with Gasteiger partial charge in [0.15, 0.2) is 0 Å². The molecule has 1 aromatic heterocycles. The number of halogens is 1. The quantitative estimate of drug-likeness (QED) is 0.0613. The number of aromatic hydroxyl groups is 1. The molecular weight excluding hydrogens is 626 g/mol. The van der Waals surface area contributed by atoms with E-state index in [1.807, 2.05) is 16.6 Å². The third-order valence-corrected chi connectivity index (χ3v) is 7.68. The predicted octanol–water partition coefficient (Wildman–Crippen LogP) is 6.64. The fraction of sp³-hybridized carbons (Fsp3) is 0.355. The standard InChI is InChI=1S/C31H35FN2O7S.H3PS/c1-33-30(36)28-24-18-26(35)25(19-27(24)41-29(28)21-9-11-22(32)12-10-21)34(42-2)13-15-40-17-16-39-14-5-7-20-6-3-4-8-23(20)31(37)38;1-2/h6,8-12,18-19,35H,3-5,7,13-17H2,1-2H3,(H,33,36)(H,37,38);2H,1H2. The molecule has 4 rings (SSSR count). The number of hydrogen-bond donors (Lipinski definition) is 4. The lowest BCUT2D eigenvalue weighted by atomic mass is 9.94. The molecule has 2 aromatic carbocycles. The van der Waals surface area contributed by atoms with Crippen LogP contribution in [-0.4, -0.2) is 68.4 Å². The van der Waals surface area contributed by atoms with Crippen LogP contribution in [0, 0.1) is 5.82 Å². The Morgan fingerprint density at radius 1 is 1.09 bits per heavy atom. The number of phenolic OH excluding ortho intramolecular Hbond substituents is 1. The number of benzene rings is 2. The number of carboxylic acids is 1. The first-order chi connectivity index (χ1) is 21.3. The van der Waals surface area contributed by atoms with Crippen molar-refractivity contribution in [1.82, 2.24) is 5.32 Å². The van der Waals surface area contributed by atoms with Crippen molar-refractivity contribution in [3.05, 3.63) is 71.1 Å². The monoisotopic (exact) mass is 664 g/mol. The molecule has 238 valence electrons. The zero-order valence-corrected chi connectivity index (χ0v) is 27.5. The van der Waals surface area contributed by atoms with E-state index in [1.165, 1.54) is 49.3 Å². The summed E-state index contributed by atoms with van der Waals surface area (Å²) in [6, 6.07) is 8.85. The van der Waals surface area contributed by atoms with E-state index in [2.05, 4.69) is 26.0 Å². The van der Waals surface area contributed by atoms with Crippen LogP contribution < -0.4 is 9.62 Å². The lowest BCUT2D eigenvalue weighted by molar-refractivity contribution is -0.132. The van der Waals surface area contributed by atoms with Crippen molar-refractivity contribution in [3.8, 4) is 17.1 Å². The van der Waals surface area contributed by atoms with Gasteiger partial charge in [-0.2, -0.15) is 12.2 Å². The van der Waals surface area contributed by atoms with Crippen molar-refractivity contribution in [1.29, 1.82) is 0 Å². The van der Waals surface area contributed by atoms with Crippen LogP contribution in [0.4, 0.5) is 10.1 Å². The third-order valence-electron chi connectivity index (χ3n) is 6.86. The maximum atomic E-state index is 13.5. The number of rotatable bonds is 15. The Balaban J connectivity index is 0.00000259. The molecule has 1 aliphatic rings. The van der Waals surface area contributed by atoms with E-state index in [0.717, 1.165) is 24.8 Å². The van der Waals surface area contributed by atoms with Gasteiger partial charge in [-0.3, -0.25) is 4.79 Å². The van der Waals surface area contributed by atoms with E-state index in [-0.39, 0.29) is 23.0 Å². The van der Waals surface area contributed by atoms with Crippen molar-refractivity contribution in [3.63, 3.8) is 0 Å². The van der Waals surface area contributed by atoms with Crippen LogP contribution in [0.1, 0.15) is 36.0 Å². The maximum absolute atomic E-state index is 13.5. The lowest BCUT2D eigenvalue weighted by Crippen LogP contribution is -2.21. The molecule has 13 heteroatoms. The minimum Gasteiger partial charge on any atom is -0.506 e. The number of allylic oxidation sites excluding steroid dienone is 2. The van der Waals surface area contributed by atoms with E-state index in [1.54, 1.807) is 12.1 Å². The second-order valence-corrected chi connectivity index (χ2v) is 10.4. The molecule has 1 amide bonds. The number of carbonyl (C=O) groups is 2. The highest BCUT2D eigenvalue weighted by atomic mass is 32.7. The summed E-state index contributed by atoms with van der Waals surface area (Å²) in [7, 11) is 3.62. The zero-order valence-electron chi connectivity index (χ0n) is 24.7. The van der Waals surface area contributed by atoms with Crippen molar-refractivity contribution < 1.29 is 38.1 Å². The first-order valence-corrected chi connectivity index (χ1v) is 17.2. The van der Waals surface area contributed by atoms with Gasteiger partial charge in [0.2, 0.25) is 0 Å². The first kappa shape index (κ1) is 35.5. The van der Waals surface area contributed by atoms with Gasteiger partial charge in [-0.1, -0.05) is 32.5 Å². The van der Waals surface area contributed by atoms with Crippen LogP contribution in [0.3, 0.4) is 0 Å². The normalized spacial score (nSPS) is 12.7. The molecule has 0 saturated heterocycles. The lowest BCUT2D eigenvalue weighted by Gasteiger charge is -2.22. The number of carboxylic acid groups (broad SMARTS) is 1. The highest BCUT2D eigenvalue weighted by Crippen LogP contribution is 2.41. The van der Waals surface area contributed by atoms with Crippen molar-refractivity contribution in [2.75, 3.05) is 50.6 Å². The summed E-state index contributed by atoms with van der Waals surface area (Å²) in [6.45, 7) is 2.17. The van der Waals surface area contributed by atoms with E-state index in [9.17, 15) is 24.2 Å². The van der Waals surface area contributed by atoms with Gasteiger partial charge >= 0.3 is 5.97 Å². The molecule has 1 unspecified atom stereocenters. The Morgan fingerprint density at radius 2 is 1.77 bits per heavy atom. The summed E-state index contributed by atoms with van der Waals surface area (Å²) >= 11 is 4.85. The molecule has 9 nitrogen and oxygen atoms in total. The summed E-state index contributed by atoms with van der Waals surface area (Å²) in [5.41, 5.74) is 2.99. The number of furan rings is 1. The zero-order chi connectivity index (χ0) is 32.1. The third kappa shape index (κ3) is 9.25.